The maximum atomic E-state index is 12.4. The minimum atomic E-state index is 0. The van der Waals surface area contributed by atoms with Crippen molar-refractivity contribution in [3.63, 3.8) is 0 Å². The van der Waals surface area contributed by atoms with E-state index in [0.717, 1.165) is 18.7 Å². The minimum absolute atomic E-state index is 0. The zero-order chi connectivity index (χ0) is 15.9. The average Bonchev–Trinajstić information content (AvgIpc) is 2.55. The number of rotatable bonds is 5. The molecule has 6 nitrogen and oxygen atoms in total. The molecule has 0 spiro atoms. The maximum absolute atomic E-state index is 12.4. The number of hydrogen-bond acceptors (Lipinski definition) is 4. The zero-order valence-corrected chi connectivity index (χ0v) is 15.5. The van der Waals surface area contributed by atoms with Gasteiger partial charge in [0, 0.05) is 44.8 Å². The van der Waals surface area contributed by atoms with Crippen LogP contribution in [0.25, 0.3) is 0 Å². The Morgan fingerprint density at radius 3 is 2.17 bits per heavy atom. The van der Waals surface area contributed by atoms with Gasteiger partial charge >= 0.3 is 0 Å². The third-order valence-corrected chi connectivity index (χ3v) is 3.84. The van der Waals surface area contributed by atoms with Crippen LogP contribution in [0.5, 0.6) is 0 Å². The molecule has 2 amide bonds. The third kappa shape index (κ3) is 6.28. The van der Waals surface area contributed by atoms with E-state index in [2.05, 4.69) is 10.2 Å². The van der Waals surface area contributed by atoms with E-state index in [1.165, 1.54) is 0 Å². The number of carbonyl (C=O) groups excluding carboxylic acids is 2. The van der Waals surface area contributed by atoms with E-state index in [4.69, 9.17) is 5.73 Å². The van der Waals surface area contributed by atoms with E-state index in [1.807, 2.05) is 36.1 Å². The lowest BCUT2D eigenvalue weighted by atomic mass is 10.1. The van der Waals surface area contributed by atoms with Gasteiger partial charge in [0.25, 0.3) is 5.91 Å². The van der Waals surface area contributed by atoms with Crippen molar-refractivity contribution >= 4 is 36.6 Å². The lowest BCUT2D eigenvalue weighted by Crippen LogP contribution is -2.51. The molecule has 1 heterocycles. The van der Waals surface area contributed by atoms with Crippen LogP contribution in [0.15, 0.2) is 24.3 Å². The molecule has 1 aromatic carbocycles. The molecule has 0 radical (unpaired) electrons. The van der Waals surface area contributed by atoms with E-state index in [-0.39, 0.29) is 36.6 Å². The number of hydrogen-bond donors (Lipinski definition) is 2. The van der Waals surface area contributed by atoms with Crippen molar-refractivity contribution in [1.82, 2.24) is 15.1 Å². The first kappa shape index (κ1) is 22.7. The standard InChI is InChI=1S/C16H24N4O2.2ClH/c1-2-18-15(21)12-19-7-9-20(10-8-19)16(22)14-5-3-13(11-17)4-6-14;;/h3-6H,2,7-12,17H2,1H3,(H,18,21);2*1H. The van der Waals surface area contributed by atoms with Crippen LogP contribution in [0.1, 0.15) is 22.8 Å². The molecule has 1 aliphatic rings. The maximum Gasteiger partial charge on any atom is 0.253 e. The normalized spacial score (nSPS) is 14.3. The minimum Gasteiger partial charge on any atom is -0.355 e. The van der Waals surface area contributed by atoms with Gasteiger partial charge in [-0.3, -0.25) is 14.5 Å². The second kappa shape index (κ2) is 11.3. The number of carbonyl (C=O) groups is 2. The average molecular weight is 377 g/mol. The van der Waals surface area contributed by atoms with Crippen LogP contribution in [-0.4, -0.2) is 60.9 Å². The fourth-order valence-electron chi connectivity index (χ4n) is 2.53. The van der Waals surface area contributed by atoms with Crippen molar-refractivity contribution in [2.75, 3.05) is 39.3 Å². The zero-order valence-electron chi connectivity index (χ0n) is 13.9. The fourth-order valence-corrected chi connectivity index (χ4v) is 2.53. The van der Waals surface area contributed by atoms with Crippen LogP contribution < -0.4 is 11.1 Å². The number of likely N-dealkylation sites (N-methyl/N-ethyl adjacent to an activating group) is 1. The molecule has 1 fully saturated rings. The Labute approximate surface area is 155 Å². The Morgan fingerprint density at radius 1 is 1.08 bits per heavy atom. The van der Waals surface area contributed by atoms with Gasteiger partial charge in [0.2, 0.25) is 5.91 Å². The van der Waals surface area contributed by atoms with E-state index in [9.17, 15) is 9.59 Å². The Morgan fingerprint density at radius 2 is 1.67 bits per heavy atom. The summed E-state index contributed by atoms with van der Waals surface area (Å²) < 4.78 is 0. The molecule has 136 valence electrons. The van der Waals surface area contributed by atoms with E-state index in [0.29, 0.717) is 38.3 Å². The number of halogens is 2. The van der Waals surface area contributed by atoms with E-state index >= 15 is 0 Å². The van der Waals surface area contributed by atoms with Crippen molar-refractivity contribution in [2.24, 2.45) is 5.73 Å². The molecule has 0 atom stereocenters. The first-order valence-corrected chi connectivity index (χ1v) is 7.71. The molecule has 0 saturated carbocycles. The first-order valence-electron chi connectivity index (χ1n) is 7.71. The molecular formula is C16H26Cl2N4O2. The molecule has 1 aliphatic heterocycles. The number of benzene rings is 1. The van der Waals surface area contributed by atoms with Gasteiger partial charge in [-0.25, -0.2) is 0 Å². The summed E-state index contributed by atoms with van der Waals surface area (Å²) in [5.74, 6) is 0.0841. The number of piperazine rings is 1. The summed E-state index contributed by atoms with van der Waals surface area (Å²) in [7, 11) is 0. The van der Waals surface area contributed by atoms with E-state index < -0.39 is 0 Å². The first-order chi connectivity index (χ1) is 10.6. The van der Waals surface area contributed by atoms with Gasteiger partial charge in [0.15, 0.2) is 0 Å². The van der Waals surface area contributed by atoms with Crippen LogP contribution >= 0.6 is 24.8 Å². The molecule has 0 bridgehead atoms. The van der Waals surface area contributed by atoms with E-state index in [1.54, 1.807) is 0 Å². The second-order valence-corrected chi connectivity index (χ2v) is 5.42. The monoisotopic (exact) mass is 376 g/mol. The quantitative estimate of drug-likeness (QED) is 0.799. The SMILES string of the molecule is CCNC(=O)CN1CCN(C(=O)c2ccc(CN)cc2)CC1.Cl.Cl. The van der Waals surface area contributed by atoms with Crippen molar-refractivity contribution in [3.05, 3.63) is 35.4 Å². The molecule has 2 rings (SSSR count). The van der Waals surface area contributed by atoms with Crippen molar-refractivity contribution in [3.8, 4) is 0 Å². The Bertz CT molecular complexity index is 517. The van der Waals surface area contributed by atoms with Crippen LogP contribution in [0.3, 0.4) is 0 Å². The van der Waals surface area contributed by atoms with Gasteiger partial charge < -0.3 is 16.0 Å². The summed E-state index contributed by atoms with van der Waals surface area (Å²) in [6.45, 7) is 6.19. The van der Waals surface area contributed by atoms with Gasteiger partial charge in [-0.15, -0.1) is 24.8 Å². The van der Waals surface area contributed by atoms with Gasteiger partial charge in [-0.05, 0) is 24.6 Å². The Kier molecular flexibility index (Phi) is 10.6. The lowest BCUT2D eigenvalue weighted by molar-refractivity contribution is -0.122. The smallest absolute Gasteiger partial charge is 0.253 e. The van der Waals surface area contributed by atoms with Crippen LogP contribution in [0.4, 0.5) is 0 Å². The van der Waals surface area contributed by atoms with Gasteiger partial charge in [-0.1, -0.05) is 12.1 Å². The number of nitrogens with zero attached hydrogens (tertiary/aromatic N) is 2. The van der Waals surface area contributed by atoms with Gasteiger partial charge in [0.05, 0.1) is 6.54 Å². The van der Waals surface area contributed by atoms with Crippen LogP contribution in [-0.2, 0) is 11.3 Å². The summed E-state index contributed by atoms with van der Waals surface area (Å²) in [5, 5.41) is 2.79. The lowest BCUT2D eigenvalue weighted by Gasteiger charge is -2.34. The summed E-state index contributed by atoms with van der Waals surface area (Å²) in [6.07, 6.45) is 0. The summed E-state index contributed by atoms with van der Waals surface area (Å²) in [4.78, 5) is 27.9. The molecule has 0 unspecified atom stereocenters. The highest BCUT2D eigenvalue weighted by Crippen LogP contribution is 2.10. The van der Waals surface area contributed by atoms with Crippen molar-refractivity contribution < 1.29 is 9.59 Å². The highest BCUT2D eigenvalue weighted by Gasteiger charge is 2.23. The van der Waals surface area contributed by atoms with Crippen molar-refractivity contribution in [1.29, 1.82) is 0 Å². The Hall–Kier alpha value is -1.34. The molecule has 8 heteroatoms. The largest absolute Gasteiger partial charge is 0.355 e. The van der Waals surface area contributed by atoms with Crippen molar-refractivity contribution in [2.45, 2.75) is 13.5 Å². The predicted molar refractivity (Wildman–Crippen MR) is 99.9 cm³/mol. The van der Waals surface area contributed by atoms with Crippen LogP contribution in [0, 0.1) is 0 Å². The molecular weight excluding hydrogens is 351 g/mol. The number of nitrogens with one attached hydrogen (secondary N) is 1. The number of amides is 2. The van der Waals surface area contributed by atoms with Crippen LogP contribution in [0.2, 0.25) is 0 Å². The predicted octanol–water partition coefficient (Wildman–Crippen LogP) is 0.883. The topological polar surface area (TPSA) is 78.7 Å². The third-order valence-electron chi connectivity index (χ3n) is 3.84. The van der Waals surface area contributed by atoms with Gasteiger partial charge in [-0.2, -0.15) is 0 Å². The molecule has 3 N–H and O–H groups in total. The molecule has 1 aromatic rings. The molecule has 24 heavy (non-hydrogen) atoms. The van der Waals surface area contributed by atoms with Gasteiger partial charge in [0.1, 0.15) is 0 Å². The second-order valence-electron chi connectivity index (χ2n) is 5.42. The molecule has 1 saturated heterocycles. The molecule has 0 aliphatic carbocycles. The number of nitrogens with two attached hydrogens (primary N) is 1. The highest BCUT2D eigenvalue weighted by atomic mass is 35.5. The fraction of sp³-hybridized carbons (Fsp3) is 0.500. The Balaban J connectivity index is 0.00000264. The summed E-state index contributed by atoms with van der Waals surface area (Å²) in [6, 6.07) is 7.42. The summed E-state index contributed by atoms with van der Waals surface area (Å²) >= 11 is 0. The highest BCUT2D eigenvalue weighted by molar-refractivity contribution is 5.94. The summed E-state index contributed by atoms with van der Waals surface area (Å²) in [5.41, 5.74) is 7.27. The molecule has 0 aromatic heterocycles.